The van der Waals surface area contributed by atoms with Crippen molar-refractivity contribution in [3.05, 3.63) is 52.4 Å². The van der Waals surface area contributed by atoms with Crippen molar-refractivity contribution in [2.45, 2.75) is 6.92 Å². The number of benzene rings is 1. The van der Waals surface area contributed by atoms with Crippen LogP contribution in [-0.4, -0.2) is 24.2 Å². The van der Waals surface area contributed by atoms with Gasteiger partial charge in [-0.3, -0.25) is 9.59 Å². The first-order chi connectivity index (χ1) is 10.5. The average molecular weight is 302 g/mol. The summed E-state index contributed by atoms with van der Waals surface area (Å²) < 4.78 is 12.0. The molecule has 0 unspecified atom stereocenters. The van der Waals surface area contributed by atoms with E-state index in [-0.39, 0.29) is 11.5 Å². The molecule has 0 bridgehead atoms. The van der Waals surface area contributed by atoms with Crippen LogP contribution in [0.3, 0.4) is 0 Å². The number of methoxy groups -OCH3 is 1. The van der Waals surface area contributed by atoms with E-state index in [4.69, 9.17) is 9.47 Å². The maximum atomic E-state index is 12.3. The normalized spacial score (nSPS) is 10.1. The molecular weight excluding hydrogens is 284 g/mol. The Morgan fingerprint density at radius 2 is 2.05 bits per heavy atom. The molecule has 0 aliphatic carbocycles. The second-order valence-corrected chi connectivity index (χ2v) is 4.62. The summed E-state index contributed by atoms with van der Waals surface area (Å²) in [5, 5.41) is 2.77. The van der Waals surface area contributed by atoms with E-state index in [1.54, 1.807) is 32.4 Å². The van der Waals surface area contributed by atoms with Crippen LogP contribution in [0.15, 0.2) is 41.3 Å². The van der Waals surface area contributed by atoms with Gasteiger partial charge in [-0.05, 0) is 25.1 Å². The SMILES string of the molecule is CCOc1ccc(OC)cc1NC(=O)c1ccc(=O)n(C)c1. The average Bonchev–Trinajstić information content (AvgIpc) is 2.51. The molecule has 0 atom stereocenters. The maximum Gasteiger partial charge on any atom is 0.257 e. The van der Waals surface area contributed by atoms with Crippen LogP contribution in [0.4, 0.5) is 5.69 Å². The highest BCUT2D eigenvalue weighted by molar-refractivity contribution is 6.04. The largest absolute Gasteiger partial charge is 0.497 e. The number of hydrogen-bond donors (Lipinski definition) is 1. The van der Waals surface area contributed by atoms with E-state index < -0.39 is 0 Å². The molecular formula is C16H18N2O4. The lowest BCUT2D eigenvalue weighted by Crippen LogP contribution is -2.19. The Balaban J connectivity index is 2.29. The van der Waals surface area contributed by atoms with E-state index in [0.717, 1.165) is 0 Å². The quantitative estimate of drug-likeness (QED) is 0.917. The Kier molecular flexibility index (Phi) is 4.83. The van der Waals surface area contributed by atoms with Gasteiger partial charge in [-0.2, -0.15) is 0 Å². The number of anilines is 1. The number of nitrogens with zero attached hydrogens (tertiary/aromatic N) is 1. The van der Waals surface area contributed by atoms with Crippen LogP contribution in [0.2, 0.25) is 0 Å². The minimum Gasteiger partial charge on any atom is -0.497 e. The molecule has 22 heavy (non-hydrogen) atoms. The maximum absolute atomic E-state index is 12.3. The number of aryl methyl sites for hydroxylation is 1. The molecule has 0 aliphatic rings. The molecule has 1 aromatic carbocycles. The first-order valence-corrected chi connectivity index (χ1v) is 6.84. The van der Waals surface area contributed by atoms with E-state index in [1.807, 2.05) is 6.92 Å². The van der Waals surface area contributed by atoms with Gasteiger partial charge in [0.2, 0.25) is 5.56 Å². The number of carbonyl (C=O) groups excluding carboxylic acids is 1. The van der Waals surface area contributed by atoms with Crippen molar-refractivity contribution >= 4 is 11.6 Å². The van der Waals surface area contributed by atoms with E-state index in [0.29, 0.717) is 29.4 Å². The highest BCUT2D eigenvalue weighted by Crippen LogP contribution is 2.29. The van der Waals surface area contributed by atoms with Gasteiger partial charge in [-0.15, -0.1) is 0 Å². The molecule has 1 aromatic heterocycles. The molecule has 1 N–H and O–H groups in total. The zero-order valence-corrected chi connectivity index (χ0v) is 12.8. The van der Waals surface area contributed by atoms with E-state index >= 15 is 0 Å². The molecule has 0 radical (unpaired) electrons. The van der Waals surface area contributed by atoms with Gasteiger partial charge in [0.25, 0.3) is 5.91 Å². The summed E-state index contributed by atoms with van der Waals surface area (Å²) in [6.45, 7) is 2.35. The molecule has 1 heterocycles. The molecule has 2 rings (SSSR count). The number of rotatable bonds is 5. The van der Waals surface area contributed by atoms with Crippen LogP contribution in [0.1, 0.15) is 17.3 Å². The van der Waals surface area contributed by atoms with E-state index in [1.165, 1.54) is 22.9 Å². The predicted octanol–water partition coefficient (Wildman–Crippen LogP) is 2.04. The second-order valence-electron chi connectivity index (χ2n) is 4.62. The Labute approximate surface area is 128 Å². The van der Waals surface area contributed by atoms with Crippen LogP contribution in [0.25, 0.3) is 0 Å². The zero-order chi connectivity index (χ0) is 16.1. The third kappa shape index (κ3) is 3.46. The summed E-state index contributed by atoms with van der Waals surface area (Å²) in [6.07, 6.45) is 1.48. The fourth-order valence-corrected chi connectivity index (χ4v) is 1.94. The van der Waals surface area contributed by atoms with Crippen molar-refractivity contribution in [3.63, 3.8) is 0 Å². The van der Waals surface area contributed by atoms with Gasteiger partial charge < -0.3 is 19.4 Å². The molecule has 0 aliphatic heterocycles. The summed E-state index contributed by atoms with van der Waals surface area (Å²) >= 11 is 0. The van der Waals surface area contributed by atoms with Crippen molar-refractivity contribution in [1.29, 1.82) is 0 Å². The van der Waals surface area contributed by atoms with Crippen LogP contribution in [-0.2, 0) is 7.05 Å². The molecule has 2 aromatic rings. The lowest BCUT2D eigenvalue weighted by Gasteiger charge is -2.13. The summed E-state index contributed by atoms with van der Waals surface area (Å²) in [5.74, 6) is 0.838. The van der Waals surface area contributed by atoms with Gasteiger partial charge in [0.1, 0.15) is 11.5 Å². The summed E-state index contributed by atoms with van der Waals surface area (Å²) in [7, 11) is 3.14. The first-order valence-electron chi connectivity index (χ1n) is 6.84. The number of amides is 1. The minimum absolute atomic E-state index is 0.173. The van der Waals surface area contributed by atoms with E-state index in [2.05, 4.69) is 5.32 Å². The van der Waals surface area contributed by atoms with Gasteiger partial charge in [-0.1, -0.05) is 0 Å². The first kappa shape index (κ1) is 15.6. The third-order valence-corrected chi connectivity index (χ3v) is 3.08. The molecule has 116 valence electrons. The Bertz CT molecular complexity index is 737. The summed E-state index contributed by atoms with van der Waals surface area (Å²) in [6, 6.07) is 8.01. The second kappa shape index (κ2) is 6.80. The van der Waals surface area contributed by atoms with Gasteiger partial charge in [0.05, 0.1) is 25.0 Å². The number of carbonyl (C=O) groups is 1. The Morgan fingerprint density at radius 3 is 2.68 bits per heavy atom. The number of nitrogens with one attached hydrogen (secondary N) is 1. The molecule has 6 heteroatoms. The molecule has 0 saturated heterocycles. The smallest absolute Gasteiger partial charge is 0.257 e. The van der Waals surface area contributed by atoms with Crippen molar-refractivity contribution < 1.29 is 14.3 Å². The minimum atomic E-state index is -0.329. The van der Waals surface area contributed by atoms with Crippen LogP contribution in [0.5, 0.6) is 11.5 Å². The third-order valence-electron chi connectivity index (χ3n) is 3.08. The van der Waals surface area contributed by atoms with Crippen molar-refractivity contribution in [2.24, 2.45) is 7.05 Å². The highest BCUT2D eigenvalue weighted by Gasteiger charge is 2.12. The fraction of sp³-hybridized carbons (Fsp3) is 0.250. The number of aromatic nitrogens is 1. The van der Waals surface area contributed by atoms with Crippen molar-refractivity contribution in [3.8, 4) is 11.5 Å². The molecule has 0 fully saturated rings. The molecule has 1 amide bonds. The monoisotopic (exact) mass is 302 g/mol. The summed E-state index contributed by atoms with van der Waals surface area (Å²) in [4.78, 5) is 23.7. The Morgan fingerprint density at radius 1 is 1.27 bits per heavy atom. The van der Waals surface area contributed by atoms with Gasteiger partial charge >= 0.3 is 0 Å². The Hall–Kier alpha value is -2.76. The van der Waals surface area contributed by atoms with Gasteiger partial charge in [0.15, 0.2) is 0 Å². The topological polar surface area (TPSA) is 69.6 Å². The lowest BCUT2D eigenvalue weighted by molar-refractivity contribution is 0.102. The van der Waals surface area contributed by atoms with Crippen LogP contribution in [0, 0.1) is 0 Å². The van der Waals surface area contributed by atoms with Crippen LogP contribution >= 0.6 is 0 Å². The summed E-state index contributed by atoms with van der Waals surface area (Å²) in [5.41, 5.74) is 0.723. The standard InChI is InChI=1S/C16H18N2O4/c1-4-22-14-7-6-12(21-3)9-13(14)17-16(20)11-5-8-15(19)18(2)10-11/h5-10H,4H2,1-3H3,(H,17,20). The molecule has 6 nitrogen and oxygen atoms in total. The zero-order valence-electron chi connectivity index (χ0n) is 12.8. The molecule has 0 saturated carbocycles. The predicted molar refractivity (Wildman–Crippen MR) is 83.8 cm³/mol. The molecule has 0 spiro atoms. The van der Waals surface area contributed by atoms with Crippen LogP contribution < -0.4 is 20.3 Å². The van der Waals surface area contributed by atoms with Gasteiger partial charge in [0, 0.05) is 25.4 Å². The van der Waals surface area contributed by atoms with Crippen molar-refractivity contribution in [2.75, 3.05) is 19.0 Å². The van der Waals surface area contributed by atoms with Gasteiger partial charge in [-0.25, -0.2) is 0 Å². The highest BCUT2D eigenvalue weighted by atomic mass is 16.5. The number of hydrogen-bond acceptors (Lipinski definition) is 4. The lowest BCUT2D eigenvalue weighted by atomic mass is 10.2. The number of ether oxygens (including phenoxy) is 2. The fourth-order valence-electron chi connectivity index (χ4n) is 1.94. The number of pyridine rings is 1. The van der Waals surface area contributed by atoms with Crippen molar-refractivity contribution in [1.82, 2.24) is 4.57 Å². The van der Waals surface area contributed by atoms with E-state index in [9.17, 15) is 9.59 Å².